The van der Waals surface area contributed by atoms with Gasteiger partial charge in [-0.15, -0.1) is 0 Å². The molecule has 1 aromatic carbocycles. The Kier molecular flexibility index (Phi) is 2.99. The number of hydrogen-bond donors (Lipinski definition) is 1. The number of benzene rings is 1. The Balaban J connectivity index is 2.52. The van der Waals surface area contributed by atoms with E-state index in [1.807, 2.05) is 42.8 Å². The Hall–Kier alpha value is -1.32. The van der Waals surface area contributed by atoms with Crippen LogP contribution in [0.1, 0.15) is 17.0 Å². The van der Waals surface area contributed by atoms with Crippen LogP contribution < -0.4 is 5.73 Å². The fraction of sp³-hybridized carbons (Fsp3) is 0.250. The Morgan fingerprint density at radius 3 is 2.62 bits per heavy atom. The molecule has 16 heavy (non-hydrogen) atoms. The molecule has 2 N–H and O–H groups in total. The fourth-order valence-electron chi connectivity index (χ4n) is 1.74. The topological polar surface area (TPSA) is 43.8 Å². The van der Waals surface area contributed by atoms with Gasteiger partial charge in [0.15, 0.2) is 0 Å². The summed E-state index contributed by atoms with van der Waals surface area (Å²) in [4.78, 5) is 0. The van der Waals surface area contributed by atoms with Crippen LogP contribution in [0.25, 0.3) is 5.69 Å². The van der Waals surface area contributed by atoms with Gasteiger partial charge in [0, 0.05) is 17.3 Å². The van der Waals surface area contributed by atoms with Crippen molar-refractivity contribution in [2.75, 3.05) is 0 Å². The second-order valence-corrected chi connectivity index (χ2v) is 4.23. The first-order valence-corrected chi connectivity index (χ1v) is 5.51. The van der Waals surface area contributed by atoms with Crippen molar-refractivity contribution in [1.82, 2.24) is 9.78 Å². The quantitative estimate of drug-likeness (QED) is 0.870. The Morgan fingerprint density at radius 2 is 2.06 bits per heavy atom. The maximum absolute atomic E-state index is 6.02. The maximum atomic E-state index is 6.02. The molecule has 4 heteroatoms. The summed E-state index contributed by atoms with van der Waals surface area (Å²) in [5.74, 6) is 0. The monoisotopic (exact) mass is 235 g/mol. The number of aromatic nitrogens is 2. The molecule has 0 aliphatic rings. The van der Waals surface area contributed by atoms with Gasteiger partial charge in [-0.25, -0.2) is 4.68 Å². The zero-order chi connectivity index (χ0) is 11.7. The molecule has 0 saturated heterocycles. The summed E-state index contributed by atoms with van der Waals surface area (Å²) in [7, 11) is 0. The molecule has 0 atom stereocenters. The van der Waals surface area contributed by atoms with Gasteiger partial charge in [-0.1, -0.05) is 11.6 Å². The number of hydrogen-bond acceptors (Lipinski definition) is 2. The lowest BCUT2D eigenvalue weighted by Crippen LogP contribution is -2.03. The van der Waals surface area contributed by atoms with Crippen molar-refractivity contribution in [3.8, 4) is 5.69 Å². The van der Waals surface area contributed by atoms with E-state index in [1.54, 1.807) is 0 Å². The lowest BCUT2D eigenvalue weighted by atomic mass is 10.2. The van der Waals surface area contributed by atoms with Crippen molar-refractivity contribution in [3.05, 3.63) is 46.2 Å². The van der Waals surface area contributed by atoms with E-state index in [-0.39, 0.29) is 0 Å². The minimum atomic E-state index is 0.436. The number of nitrogens with two attached hydrogens (primary N) is 1. The zero-order valence-corrected chi connectivity index (χ0v) is 10.1. The third-order valence-electron chi connectivity index (χ3n) is 2.50. The molecule has 2 rings (SSSR count). The largest absolute Gasteiger partial charge is 0.326 e. The zero-order valence-electron chi connectivity index (χ0n) is 9.37. The third kappa shape index (κ3) is 1.96. The van der Waals surface area contributed by atoms with Crippen molar-refractivity contribution in [3.63, 3.8) is 0 Å². The molecule has 0 radical (unpaired) electrons. The molecular formula is C12H14ClN3. The standard InChI is InChI=1S/C12H14ClN3/c1-8-5-9(2)16(15-8)11-3-4-12(13)10(6-11)7-14/h3-6H,7,14H2,1-2H3. The van der Waals surface area contributed by atoms with Crippen LogP contribution in [0.2, 0.25) is 5.02 Å². The van der Waals surface area contributed by atoms with Gasteiger partial charge >= 0.3 is 0 Å². The predicted octanol–water partition coefficient (Wildman–Crippen LogP) is 2.60. The molecule has 0 amide bonds. The van der Waals surface area contributed by atoms with E-state index in [1.165, 1.54) is 0 Å². The third-order valence-corrected chi connectivity index (χ3v) is 2.87. The van der Waals surface area contributed by atoms with E-state index in [2.05, 4.69) is 5.10 Å². The summed E-state index contributed by atoms with van der Waals surface area (Å²) in [6, 6.07) is 7.81. The highest BCUT2D eigenvalue weighted by atomic mass is 35.5. The van der Waals surface area contributed by atoms with Crippen molar-refractivity contribution in [2.45, 2.75) is 20.4 Å². The van der Waals surface area contributed by atoms with Gasteiger partial charge in [-0.05, 0) is 43.7 Å². The van der Waals surface area contributed by atoms with Gasteiger partial charge in [0.25, 0.3) is 0 Å². The van der Waals surface area contributed by atoms with Crippen LogP contribution in [0, 0.1) is 13.8 Å². The summed E-state index contributed by atoms with van der Waals surface area (Å²) in [5, 5.41) is 5.12. The van der Waals surface area contributed by atoms with Crippen molar-refractivity contribution in [1.29, 1.82) is 0 Å². The van der Waals surface area contributed by atoms with E-state index < -0.39 is 0 Å². The maximum Gasteiger partial charge on any atom is 0.0653 e. The van der Waals surface area contributed by atoms with Crippen LogP contribution in [0.15, 0.2) is 24.3 Å². The van der Waals surface area contributed by atoms with Gasteiger partial charge in [-0.2, -0.15) is 5.10 Å². The molecule has 0 spiro atoms. The Labute approximate surface area is 99.8 Å². The predicted molar refractivity (Wildman–Crippen MR) is 65.9 cm³/mol. The lowest BCUT2D eigenvalue weighted by molar-refractivity contribution is 0.831. The average Bonchev–Trinajstić information content (AvgIpc) is 2.59. The van der Waals surface area contributed by atoms with Crippen LogP contribution in [0.4, 0.5) is 0 Å². The molecule has 0 bridgehead atoms. The average molecular weight is 236 g/mol. The summed E-state index contributed by atoms with van der Waals surface area (Å²) in [6.45, 7) is 4.44. The van der Waals surface area contributed by atoms with Crippen LogP contribution in [-0.2, 0) is 6.54 Å². The van der Waals surface area contributed by atoms with Gasteiger partial charge in [0.1, 0.15) is 0 Å². The van der Waals surface area contributed by atoms with Crippen molar-refractivity contribution in [2.24, 2.45) is 5.73 Å². The van der Waals surface area contributed by atoms with Gasteiger partial charge < -0.3 is 5.73 Å². The minimum Gasteiger partial charge on any atom is -0.326 e. The van der Waals surface area contributed by atoms with Gasteiger partial charge in [-0.3, -0.25) is 0 Å². The molecule has 84 valence electrons. The van der Waals surface area contributed by atoms with E-state index in [9.17, 15) is 0 Å². The molecule has 0 unspecified atom stereocenters. The fourth-order valence-corrected chi connectivity index (χ4v) is 1.93. The van der Waals surface area contributed by atoms with Crippen LogP contribution >= 0.6 is 11.6 Å². The SMILES string of the molecule is Cc1cc(C)n(-c2ccc(Cl)c(CN)c2)n1. The van der Waals surface area contributed by atoms with Crippen LogP contribution in [-0.4, -0.2) is 9.78 Å². The summed E-state index contributed by atoms with van der Waals surface area (Å²) >= 11 is 6.02. The Bertz CT molecular complexity index is 517. The normalized spacial score (nSPS) is 10.8. The van der Waals surface area contributed by atoms with Crippen LogP contribution in [0.5, 0.6) is 0 Å². The van der Waals surface area contributed by atoms with Crippen molar-refractivity contribution >= 4 is 11.6 Å². The molecule has 0 fully saturated rings. The first-order chi connectivity index (χ1) is 7.61. The molecule has 0 aliphatic heterocycles. The van der Waals surface area contributed by atoms with E-state index in [0.29, 0.717) is 11.6 Å². The second kappa shape index (κ2) is 4.28. The summed E-state index contributed by atoms with van der Waals surface area (Å²) in [5.41, 5.74) is 9.66. The van der Waals surface area contributed by atoms with Gasteiger partial charge in [0.05, 0.1) is 11.4 Å². The minimum absolute atomic E-state index is 0.436. The molecule has 0 saturated carbocycles. The summed E-state index contributed by atoms with van der Waals surface area (Å²) in [6.07, 6.45) is 0. The molecular weight excluding hydrogens is 222 g/mol. The highest BCUT2D eigenvalue weighted by Crippen LogP contribution is 2.20. The van der Waals surface area contributed by atoms with Crippen molar-refractivity contribution < 1.29 is 0 Å². The molecule has 1 aromatic heterocycles. The number of aryl methyl sites for hydroxylation is 2. The number of halogens is 1. The molecule has 1 heterocycles. The first kappa shape index (κ1) is 11.2. The smallest absolute Gasteiger partial charge is 0.0653 e. The van der Waals surface area contributed by atoms with Gasteiger partial charge in [0.2, 0.25) is 0 Å². The molecule has 3 nitrogen and oxygen atoms in total. The number of nitrogens with zero attached hydrogens (tertiary/aromatic N) is 2. The number of rotatable bonds is 2. The Morgan fingerprint density at radius 1 is 1.31 bits per heavy atom. The molecule has 0 aliphatic carbocycles. The first-order valence-electron chi connectivity index (χ1n) is 5.14. The second-order valence-electron chi connectivity index (χ2n) is 3.82. The highest BCUT2D eigenvalue weighted by Gasteiger charge is 2.06. The molecule has 2 aromatic rings. The van der Waals surface area contributed by atoms with E-state index in [0.717, 1.165) is 22.6 Å². The lowest BCUT2D eigenvalue weighted by Gasteiger charge is -2.07. The highest BCUT2D eigenvalue weighted by molar-refractivity contribution is 6.31. The summed E-state index contributed by atoms with van der Waals surface area (Å²) < 4.78 is 1.89. The van der Waals surface area contributed by atoms with E-state index in [4.69, 9.17) is 17.3 Å². The van der Waals surface area contributed by atoms with E-state index >= 15 is 0 Å². The van der Waals surface area contributed by atoms with Crippen LogP contribution in [0.3, 0.4) is 0 Å².